The highest BCUT2D eigenvalue weighted by molar-refractivity contribution is 5.96. The summed E-state index contributed by atoms with van der Waals surface area (Å²) in [5.41, 5.74) is 6.74. The Bertz CT molecular complexity index is 1310. The van der Waals surface area contributed by atoms with Crippen molar-refractivity contribution in [2.24, 2.45) is 0 Å². The van der Waals surface area contributed by atoms with Gasteiger partial charge in [0.15, 0.2) is 0 Å². The van der Waals surface area contributed by atoms with Gasteiger partial charge in [0.25, 0.3) is 0 Å². The molecule has 32 heavy (non-hydrogen) atoms. The minimum absolute atomic E-state index is 0.0335. The summed E-state index contributed by atoms with van der Waals surface area (Å²) < 4.78 is 7.65. The zero-order chi connectivity index (χ0) is 22.2. The number of nitrogens with zero attached hydrogens (tertiary/aromatic N) is 3. The molecule has 1 aliphatic heterocycles. The van der Waals surface area contributed by atoms with Crippen LogP contribution in [0.1, 0.15) is 34.9 Å². The van der Waals surface area contributed by atoms with Gasteiger partial charge in [-0.2, -0.15) is 0 Å². The molecule has 0 saturated carbocycles. The van der Waals surface area contributed by atoms with Gasteiger partial charge in [-0.3, -0.25) is 4.79 Å². The second kappa shape index (κ2) is 8.15. The number of methoxy groups -OCH3 is 1. The molecule has 5 rings (SSSR count). The van der Waals surface area contributed by atoms with Crippen LogP contribution in [0.15, 0.2) is 66.7 Å². The first kappa shape index (κ1) is 20.3. The topological polar surface area (TPSA) is 47.4 Å². The zero-order valence-corrected chi connectivity index (χ0v) is 18.7. The molecule has 5 nitrogen and oxygen atoms in total. The van der Waals surface area contributed by atoms with Crippen LogP contribution in [0.3, 0.4) is 0 Å². The van der Waals surface area contributed by atoms with Crippen LogP contribution in [0.5, 0.6) is 5.75 Å². The van der Waals surface area contributed by atoms with Crippen LogP contribution in [-0.2, 0) is 11.3 Å². The Morgan fingerprint density at radius 1 is 1.03 bits per heavy atom. The minimum Gasteiger partial charge on any atom is -0.497 e. The molecule has 0 N–H and O–H groups in total. The summed E-state index contributed by atoms with van der Waals surface area (Å²) >= 11 is 0. The fourth-order valence-electron chi connectivity index (χ4n) is 4.62. The van der Waals surface area contributed by atoms with Crippen molar-refractivity contribution in [1.29, 1.82) is 0 Å². The van der Waals surface area contributed by atoms with Crippen LogP contribution < -0.4 is 9.64 Å². The SMILES string of the molecule is COc1cccc(N2CC(c3nc4ccccc4n3Cc3cc(C)ccc3C)CC2=O)c1. The van der Waals surface area contributed by atoms with Gasteiger partial charge in [0.05, 0.1) is 18.1 Å². The normalized spacial score (nSPS) is 16.2. The average molecular weight is 426 g/mol. The van der Waals surface area contributed by atoms with Crippen molar-refractivity contribution in [3.63, 3.8) is 0 Å². The van der Waals surface area contributed by atoms with Gasteiger partial charge in [0.2, 0.25) is 5.91 Å². The number of ether oxygens (including phenoxy) is 1. The third kappa shape index (κ3) is 3.64. The van der Waals surface area contributed by atoms with E-state index in [4.69, 9.17) is 9.72 Å². The molecule has 2 heterocycles. The highest BCUT2D eigenvalue weighted by atomic mass is 16.5. The molecule has 0 radical (unpaired) electrons. The van der Waals surface area contributed by atoms with Crippen LogP contribution in [0.4, 0.5) is 5.69 Å². The molecule has 1 saturated heterocycles. The summed E-state index contributed by atoms with van der Waals surface area (Å²) in [4.78, 5) is 19.8. The number of imidazole rings is 1. The molecule has 1 aliphatic rings. The van der Waals surface area contributed by atoms with E-state index in [-0.39, 0.29) is 11.8 Å². The Hall–Kier alpha value is -3.60. The van der Waals surface area contributed by atoms with E-state index in [0.29, 0.717) is 13.0 Å². The summed E-state index contributed by atoms with van der Waals surface area (Å²) in [6.07, 6.45) is 0.452. The van der Waals surface area contributed by atoms with E-state index >= 15 is 0 Å². The van der Waals surface area contributed by atoms with Crippen molar-refractivity contribution < 1.29 is 9.53 Å². The Balaban J connectivity index is 1.53. The molecule has 1 atom stereocenters. The molecule has 162 valence electrons. The zero-order valence-electron chi connectivity index (χ0n) is 18.7. The molecular formula is C27H27N3O2. The lowest BCUT2D eigenvalue weighted by molar-refractivity contribution is -0.117. The summed E-state index contributed by atoms with van der Waals surface area (Å²) in [7, 11) is 1.64. The monoisotopic (exact) mass is 425 g/mol. The molecule has 1 amide bonds. The number of para-hydroxylation sites is 2. The molecule has 0 bridgehead atoms. The number of fused-ring (bicyclic) bond motifs is 1. The first-order valence-electron chi connectivity index (χ1n) is 11.0. The first-order chi connectivity index (χ1) is 15.5. The van der Waals surface area contributed by atoms with Crippen LogP contribution >= 0.6 is 0 Å². The Morgan fingerprint density at radius 2 is 1.88 bits per heavy atom. The first-order valence-corrected chi connectivity index (χ1v) is 11.0. The second-order valence-corrected chi connectivity index (χ2v) is 8.58. The van der Waals surface area contributed by atoms with Gasteiger partial charge >= 0.3 is 0 Å². The second-order valence-electron chi connectivity index (χ2n) is 8.58. The molecule has 1 aromatic heterocycles. The minimum atomic E-state index is 0.0335. The van der Waals surface area contributed by atoms with E-state index in [1.54, 1.807) is 7.11 Å². The largest absolute Gasteiger partial charge is 0.497 e. The van der Waals surface area contributed by atoms with E-state index in [9.17, 15) is 4.79 Å². The van der Waals surface area contributed by atoms with Gasteiger partial charge in [0.1, 0.15) is 11.6 Å². The highest BCUT2D eigenvalue weighted by Gasteiger charge is 2.35. The number of amides is 1. The van der Waals surface area contributed by atoms with Crippen LogP contribution in [0, 0.1) is 13.8 Å². The number of aromatic nitrogens is 2. The lowest BCUT2D eigenvalue weighted by atomic mass is 10.0. The van der Waals surface area contributed by atoms with Gasteiger partial charge < -0.3 is 14.2 Å². The lowest BCUT2D eigenvalue weighted by Gasteiger charge is -2.18. The van der Waals surface area contributed by atoms with Gasteiger partial charge in [-0.15, -0.1) is 0 Å². The van der Waals surface area contributed by atoms with E-state index in [1.165, 1.54) is 16.7 Å². The molecular weight excluding hydrogens is 398 g/mol. The molecule has 0 spiro atoms. The number of benzene rings is 3. The summed E-state index contributed by atoms with van der Waals surface area (Å²) in [5.74, 6) is 1.88. The maximum atomic E-state index is 13.0. The van der Waals surface area contributed by atoms with Crippen molar-refractivity contribution >= 4 is 22.6 Å². The fourth-order valence-corrected chi connectivity index (χ4v) is 4.62. The number of anilines is 1. The Kier molecular flexibility index (Phi) is 5.17. The maximum Gasteiger partial charge on any atom is 0.227 e. The molecule has 5 heteroatoms. The summed E-state index contributed by atoms with van der Waals surface area (Å²) in [5, 5.41) is 0. The summed E-state index contributed by atoms with van der Waals surface area (Å²) in [6, 6.07) is 22.5. The average Bonchev–Trinajstić information content (AvgIpc) is 3.37. The van der Waals surface area contributed by atoms with E-state index < -0.39 is 0 Å². The number of carbonyl (C=O) groups is 1. The van der Waals surface area contributed by atoms with Crippen molar-refractivity contribution in [3.05, 3.63) is 89.2 Å². The third-order valence-corrected chi connectivity index (χ3v) is 6.37. The predicted octanol–water partition coefficient (Wildman–Crippen LogP) is 5.23. The smallest absolute Gasteiger partial charge is 0.227 e. The van der Waals surface area contributed by atoms with Gasteiger partial charge in [0, 0.05) is 37.2 Å². The van der Waals surface area contributed by atoms with E-state index in [0.717, 1.165) is 34.8 Å². The lowest BCUT2D eigenvalue weighted by Crippen LogP contribution is -2.24. The van der Waals surface area contributed by atoms with Crippen LogP contribution in [-0.4, -0.2) is 29.1 Å². The number of rotatable bonds is 5. The molecule has 0 aliphatic carbocycles. The quantitative estimate of drug-likeness (QED) is 0.440. The number of hydrogen-bond acceptors (Lipinski definition) is 3. The molecule has 1 unspecified atom stereocenters. The van der Waals surface area contributed by atoms with E-state index in [2.05, 4.69) is 54.8 Å². The summed E-state index contributed by atoms with van der Waals surface area (Å²) in [6.45, 7) is 5.63. The van der Waals surface area contributed by atoms with Crippen molar-refractivity contribution in [2.75, 3.05) is 18.6 Å². The molecule has 3 aromatic carbocycles. The Labute approximate surface area is 188 Å². The standard InChI is InChI=1S/C27H27N3O2/c1-18-11-12-19(2)20(13-18)16-30-25-10-5-4-9-24(25)28-27(30)21-14-26(31)29(17-21)22-7-6-8-23(15-22)32-3/h4-13,15,21H,14,16-17H2,1-3H3. The van der Waals surface area contributed by atoms with Gasteiger partial charge in [-0.25, -0.2) is 4.98 Å². The Morgan fingerprint density at radius 3 is 2.72 bits per heavy atom. The number of hydrogen-bond donors (Lipinski definition) is 0. The molecule has 4 aromatic rings. The van der Waals surface area contributed by atoms with Gasteiger partial charge in [-0.1, -0.05) is 42.0 Å². The number of carbonyl (C=O) groups excluding carboxylic acids is 1. The third-order valence-electron chi connectivity index (χ3n) is 6.37. The van der Waals surface area contributed by atoms with Gasteiger partial charge in [-0.05, 0) is 49.2 Å². The maximum absolute atomic E-state index is 13.0. The number of aryl methyl sites for hydroxylation is 2. The van der Waals surface area contributed by atoms with Crippen molar-refractivity contribution in [2.45, 2.75) is 32.7 Å². The van der Waals surface area contributed by atoms with Crippen molar-refractivity contribution in [3.8, 4) is 5.75 Å². The highest BCUT2D eigenvalue weighted by Crippen LogP contribution is 2.34. The van der Waals surface area contributed by atoms with E-state index in [1.807, 2.05) is 35.2 Å². The fraction of sp³-hybridized carbons (Fsp3) is 0.259. The van der Waals surface area contributed by atoms with Crippen LogP contribution in [0.2, 0.25) is 0 Å². The predicted molar refractivity (Wildman–Crippen MR) is 127 cm³/mol. The molecule has 1 fully saturated rings. The van der Waals surface area contributed by atoms with Crippen molar-refractivity contribution in [1.82, 2.24) is 9.55 Å². The van der Waals surface area contributed by atoms with Crippen LogP contribution in [0.25, 0.3) is 11.0 Å².